The number of thioether (sulfide) groups is 1. The van der Waals surface area contributed by atoms with E-state index < -0.39 is 0 Å². The summed E-state index contributed by atoms with van der Waals surface area (Å²) in [6.45, 7) is 4.88. The number of carbonyl (C=O) groups excluding carboxylic acids is 2. The zero-order chi connectivity index (χ0) is 19.4. The van der Waals surface area contributed by atoms with Crippen molar-refractivity contribution in [3.8, 4) is 11.5 Å². The highest BCUT2D eigenvalue weighted by molar-refractivity contribution is 8.18. The number of imide groups is 1. The molecule has 2 aromatic rings. The van der Waals surface area contributed by atoms with Gasteiger partial charge in [0.25, 0.3) is 11.1 Å². The Bertz CT molecular complexity index is 907. The number of benzene rings is 2. The molecule has 5 nitrogen and oxygen atoms in total. The quantitative estimate of drug-likeness (QED) is 0.680. The predicted molar refractivity (Wildman–Crippen MR) is 107 cm³/mol. The molecule has 2 aromatic carbocycles. The van der Waals surface area contributed by atoms with Gasteiger partial charge in [-0.05, 0) is 54.9 Å². The summed E-state index contributed by atoms with van der Waals surface area (Å²) in [6.07, 6.45) is 1.70. The monoisotopic (exact) mass is 383 g/mol. The van der Waals surface area contributed by atoms with Gasteiger partial charge in [-0.25, -0.2) is 0 Å². The maximum Gasteiger partial charge on any atom is 0.293 e. The fourth-order valence-corrected chi connectivity index (χ4v) is 3.49. The van der Waals surface area contributed by atoms with Crippen LogP contribution in [0.1, 0.15) is 23.6 Å². The Labute approximate surface area is 163 Å². The van der Waals surface area contributed by atoms with Gasteiger partial charge in [-0.1, -0.05) is 35.9 Å². The molecule has 1 fully saturated rings. The van der Waals surface area contributed by atoms with E-state index >= 15 is 0 Å². The van der Waals surface area contributed by atoms with Crippen molar-refractivity contribution >= 4 is 29.0 Å². The summed E-state index contributed by atoms with van der Waals surface area (Å²) in [5, 5.41) is -0.269. The lowest BCUT2D eigenvalue weighted by molar-refractivity contribution is -0.121. The van der Waals surface area contributed by atoms with Crippen molar-refractivity contribution in [1.82, 2.24) is 4.90 Å². The molecule has 0 aliphatic carbocycles. The third-order valence-electron chi connectivity index (χ3n) is 4.03. The van der Waals surface area contributed by atoms with Gasteiger partial charge >= 0.3 is 0 Å². The normalized spacial score (nSPS) is 15.5. The Morgan fingerprint density at radius 1 is 1.07 bits per heavy atom. The number of carbonyl (C=O) groups is 2. The maximum absolute atomic E-state index is 12.0. The van der Waals surface area contributed by atoms with Crippen LogP contribution in [0, 0.1) is 6.92 Å². The van der Waals surface area contributed by atoms with Gasteiger partial charge in [0.05, 0.1) is 11.5 Å². The molecule has 140 valence electrons. The Hall–Kier alpha value is -2.73. The lowest BCUT2D eigenvalue weighted by Crippen LogP contribution is -2.22. The molecule has 0 bridgehead atoms. The molecule has 1 aliphatic heterocycles. The molecular formula is C21H21NO4S. The molecule has 0 radical (unpaired) electrons. The first-order chi connectivity index (χ1) is 13.0. The summed E-state index contributed by atoms with van der Waals surface area (Å²) >= 11 is 0.935. The molecule has 0 N–H and O–H groups in total. The Kier molecular flexibility index (Phi) is 5.86. The summed E-state index contributed by atoms with van der Waals surface area (Å²) in [6, 6.07) is 13.6. The third kappa shape index (κ3) is 4.52. The molecular weight excluding hydrogens is 362 g/mol. The van der Waals surface area contributed by atoms with Crippen LogP contribution >= 0.6 is 11.8 Å². The first-order valence-corrected chi connectivity index (χ1v) is 9.46. The highest BCUT2D eigenvalue weighted by Crippen LogP contribution is 2.34. The Morgan fingerprint density at radius 2 is 1.89 bits per heavy atom. The fourth-order valence-electron chi connectivity index (χ4n) is 2.66. The van der Waals surface area contributed by atoms with E-state index in [4.69, 9.17) is 9.47 Å². The maximum atomic E-state index is 12.0. The van der Waals surface area contributed by atoms with E-state index in [1.807, 2.05) is 50.2 Å². The number of likely N-dealkylation sites (N-methyl/N-ethyl adjacent to an activating group) is 1. The molecule has 0 unspecified atom stereocenters. The second-order valence-corrected chi connectivity index (χ2v) is 7.15. The first-order valence-electron chi connectivity index (χ1n) is 8.64. The van der Waals surface area contributed by atoms with E-state index in [-0.39, 0.29) is 11.1 Å². The van der Waals surface area contributed by atoms with Crippen molar-refractivity contribution in [2.45, 2.75) is 20.5 Å². The number of aryl methyl sites for hydroxylation is 1. The molecule has 3 rings (SSSR count). The van der Waals surface area contributed by atoms with Crippen LogP contribution in [0.2, 0.25) is 0 Å². The smallest absolute Gasteiger partial charge is 0.293 e. The minimum Gasteiger partial charge on any atom is -0.490 e. The molecule has 0 aromatic heterocycles. The number of rotatable bonds is 6. The van der Waals surface area contributed by atoms with E-state index in [1.165, 1.54) is 12.6 Å². The SMILES string of the molecule is CCOc1cc(/C=C2/SC(=O)N(C)C2=O)ccc1OCc1cccc(C)c1. The third-order valence-corrected chi connectivity index (χ3v) is 4.99. The van der Waals surface area contributed by atoms with Gasteiger partial charge in [0.15, 0.2) is 11.5 Å². The Morgan fingerprint density at radius 3 is 2.56 bits per heavy atom. The van der Waals surface area contributed by atoms with E-state index in [0.29, 0.717) is 29.6 Å². The van der Waals surface area contributed by atoms with Gasteiger partial charge in [-0.2, -0.15) is 0 Å². The van der Waals surface area contributed by atoms with Crippen LogP contribution in [0.5, 0.6) is 11.5 Å². The van der Waals surface area contributed by atoms with E-state index in [9.17, 15) is 9.59 Å². The summed E-state index contributed by atoms with van der Waals surface area (Å²) in [5.41, 5.74) is 3.04. The Balaban J connectivity index is 1.80. The molecule has 6 heteroatoms. The van der Waals surface area contributed by atoms with Crippen molar-refractivity contribution in [3.63, 3.8) is 0 Å². The first kappa shape index (κ1) is 19.0. The van der Waals surface area contributed by atoms with Crippen LogP contribution in [0.25, 0.3) is 6.08 Å². The van der Waals surface area contributed by atoms with Gasteiger partial charge in [-0.15, -0.1) is 0 Å². The highest BCUT2D eigenvalue weighted by atomic mass is 32.2. The van der Waals surface area contributed by atoms with Crippen LogP contribution < -0.4 is 9.47 Å². The standard InChI is InChI=1S/C21H21NO4S/c1-4-25-18-11-15(12-19-20(23)22(3)21(24)27-19)8-9-17(18)26-13-16-7-5-6-14(2)10-16/h5-12H,4,13H2,1-3H3/b19-12+. The van der Waals surface area contributed by atoms with Gasteiger partial charge in [0.2, 0.25) is 0 Å². The molecule has 1 heterocycles. The summed E-state index contributed by atoms with van der Waals surface area (Å²) in [7, 11) is 1.48. The largest absolute Gasteiger partial charge is 0.490 e. The van der Waals surface area contributed by atoms with Crippen molar-refractivity contribution in [2.24, 2.45) is 0 Å². The fraction of sp³-hybridized carbons (Fsp3) is 0.238. The van der Waals surface area contributed by atoms with E-state index in [1.54, 1.807) is 6.08 Å². The lowest BCUT2D eigenvalue weighted by atomic mass is 10.1. The molecule has 0 saturated carbocycles. The van der Waals surface area contributed by atoms with E-state index in [0.717, 1.165) is 27.8 Å². The molecule has 0 spiro atoms. The van der Waals surface area contributed by atoms with Gasteiger partial charge in [-0.3, -0.25) is 14.5 Å². The van der Waals surface area contributed by atoms with Crippen molar-refractivity contribution in [3.05, 3.63) is 64.1 Å². The molecule has 27 heavy (non-hydrogen) atoms. The van der Waals surface area contributed by atoms with Gasteiger partial charge < -0.3 is 9.47 Å². The molecule has 2 amide bonds. The molecule has 1 saturated heterocycles. The van der Waals surface area contributed by atoms with Crippen LogP contribution in [-0.4, -0.2) is 29.7 Å². The van der Waals surface area contributed by atoms with Crippen molar-refractivity contribution < 1.29 is 19.1 Å². The molecule has 0 atom stereocenters. The van der Waals surface area contributed by atoms with Gasteiger partial charge in [0.1, 0.15) is 6.61 Å². The zero-order valence-electron chi connectivity index (χ0n) is 15.5. The van der Waals surface area contributed by atoms with E-state index in [2.05, 4.69) is 6.07 Å². The average molecular weight is 383 g/mol. The zero-order valence-corrected chi connectivity index (χ0v) is 16.3. The topological polar surface area (TPSA) is 55.8 Å². The number of ether oxygens (including phenoxy) is 2. The van der Waals surface area contributed by atoms with Crippen LogP contribution in [0.3, 0.4) is 0 Å². The average Bonchev–Trinajstić information content (AvgIpc) is 2.88. The minimum atomic E-state index is -0.289. The summed E-state index contributed by atoms with van der Waals surface area (Å²) in [4.78, 5) is 25.2. The number of nitrogens with zero attached hydrogens (tertiary/aromatic N) is 1. The predicted octanol–water partition coefficient (Wildman–Crippen LogP) is 4.64. The van der Waals surface area contributed by atoms with Crippen LogP contribution in [0.15, 0.2) is 47.4 Å². The summed E-state index contributed by atoms with van der Waals surface area (Å²) < 4.78 is 11.6. The number of hydrogen-bond acceptors (Lipinski definition) is 5. The van der Waals surface area contributed by atoms with Gasteiger partial charge in [0, 0.05) is 7.05 Å². The lowest BCUT2D eigenvalue weighted by Gasteiger charge is -2.13. The van der Waals surface area contributed by atoms with Crippen molar-refractivity contribution in [2.75, 3.05) is 13.7 Å². The number of amides is 2. The highest BCUT2D eigenvalue weighted by Gasteiger charge is 2.31. The minimum absolute atomic E-state index is 0.269. The molecule has 1 aliphatic rings. The van der Waals surface area contributed by atoms with Crippen LogP contribution in [0.4, 0.5) is 4.79 Å². The van der Waals surface area contributed by atoms with Crippen LogP contribution in [-0.2, 0) is 11.4 Å². The van der Waals surface area contributed by atoms with Crippen molar-refractivity contribution in [1.29, 1.82) is 0 Å². The number of hydrogen-bond donors (Lipinski definition) is 0. The second-order valence-electron chi connectivity index (χ2n) is 6.16. The summed E-state index contributed by atoms with van der Waals surface area (Å²) in [5.74, 6) is 0.955. The second kappa shape index (κ2) is 8.31.